The molecule has 0 saturated carbocycles. The van der Waals surface area contributed by atoms with Crippen LogP contribution in [0.3, 0.4) is 0 Å². The van der Waals surface area contributed by atoms with Gasteiger partial charge in [-0.05, 0) is 42.0 Å². The first kappa shape index (κ1) is 20.0. The van der Waals surface area contributed by atoms with E-state index >= 15 is 0 Å². The van der Waals surface area contributed by atoms with E-state index in [9.17, 15) is 14.4 Å². The fraction of sp³-hybridized carbons (Fsp3) is 0.100. The van der Waals surface area contributed by atoms with Gasteiger partial charge in [-0.3, -0.25) is 19.7 Å². The first-order valence-corrected chi connectivity index (χ1v) is 9.35. The van der Waals surface area contributed by atoms with E-state index in [4.69, 9.17) is 9.84 Å². The standard InChI is InChI=1S/C20H17N3O5S/c1-28-15-8-4-13(5-9-15)18(26)23-20-22-16(11-29-20)19(27)21-14-6-2-12(3-7-14)10-17(24)25/h2-9,11H,10H2,1H3,(H,21,27)(H,24,25)(H,22,23,26). The lowest BCUT2D eigenvalue weighted by atomic mass is 10.1. The van der Waals surface area contributed by atoms with Crippen LogP contribution >= 0.6 is 11.3 Å². The minimum absolute atomic E-state index is 0.0857. The number of hydrogen-bond acceptors (Lipinski definition) is 6. The van der Waals surface area contributed by atoms with Crippen molar-refractivity contribution in [1.82, 2.24) is 4.98 Å². The molecule has 1 heterocycles. The number of aliphatic carboxylic acids is 1. The molecule has 0 fully saturated rings. The number of carboxylic acids is 1. The van der Waals surface area contributed by atoms with Crippen molar-refractivity contribution in [3.8, 4) is 5.75 Å². The van der Waals surface area contributed by atoms with Crippen molar-refractivity contribution >= 4 is 39.9 Å². The highest BCUT2D eigenvalue weighted by Gasteiger charge is 2.14. The van der Waals surface area contributed by atoms with Crippen LogP contribution in [0.2, 0.25) is 0 Å². The predicted molar refractivity (Wildman–Crippen MR) is 109 cm³/mol. The first-order chi connectivity index (χ1) is 13.9. The molecule has 148 valence electrons. The van der Waals surface area contributed by atoms with E-state index in [1.165, 1.54) is 5.38 Å². The van der Waals surface area contributed by atoms with Crippen molar-refractivity contribution in [2.45, 2.75) is 6.42 Å². The minimum Gasteiger partial charge on any atom is -0.497 e. The van der Waals surface area contributed by atoms with E-state index < -0.39 is 11.9 Å². The van der Waals surface area contributed by atoms with Crippen molar-refractivity contribution in [2.75, 3.05) is 17.7 Å². The lowest BCUT2D eigenvalue weighted by Gasteiger charge is -2.05. The number of benzene rings is 2. The number of nitrogens with zero attached hydrogens (tertiary/aromatic N) is 1. The summed E-state index contributed by atoms with van der Waals surface area (Å²) >= 11 is 1.13. The summed E-state index contributed by atoms with van der Waals surface area (Å²) in [5.74, 6) is -1.06. The largest absolute Gasteiger partial charge is 0.497 e. The summed E-state index contributed by atoms with van der Waals surface area (Å²) in [7, 11) is 1.54. The molecule has 3 N–H and O–H groups in total. The van der Waals surface area contributed by atoms with Gasteiger partial charge in [-0.2, -0.15) is 0 Å². The predicted octanol–water partition coefficient (Wildman–Crippen LogP) is 3.28. The lowest BCUT2D eigenvalue weighted by Crippen LogP contribution is -2.14. The molecule has 2 aromatic carbocycles. The minimum atomic E-state index is -0.923. The van der Waals surface area contributed by atoms with Gasteiger partial charge in [-0.1, -0.05) is 12.1 Å². The molecule has 0 aliphatic rings. The molecule has 3 aromatic rings. The van der Waals surface area contributed by atoms with Gasteiger partial charge in [0.25, 0.3) is 11.8 Å². The van der Waals surface area contributed by atoms with Crippen LogP contribution in [0.25, 0.3) is 0 Å². The summed E-state index contributed by atoms with van der Waals surface area (Å²) in [5.41, 5.74) is 1.75. The Balaban J connectivity index is 1.60. The smallest absolute Gasteiger partial charge is 0.307 e. The van der Waals surface area contributed by atoms with Crippen LogP contribution in [0.15, 0.2) is 53.9 Å². The van der Waals surface area contributed by atoms with Crippen LogP contribution in [0.4, 0.5) is 10.8 Å². The number of carbonyl (C=O) groups excluding carboxylic acids is 2. The number of amides is 2. The Morgan fingerprint density at radius 1 is 1.00 bits per heavy atom. The van der Waals surface area contributed by atoms with Crippen molar-refractivity contribution in [2.24, 2.45) is 0 Å². The number of aromatic nitrogens is 1. The quantitative estimate of drug-likeness (QED) is 0.549. The van der Waals surface area contributed by atoms with Crippen molar-refractivity contribution in [1.29, 1.82) is 0 Å². The van der Waals surface area contributed by atoms with Gasteiger partial charge in [0.2, 0.25) is 0 Å². The van der Waals surface area contributed by atoms with Crippen molar-refractivity contribution in [3.05, 3.63) is 70.7 Å². The molecular formula is C20H17N3O5S. The molecule has 1 aromatic heterocycles. The van der Waals surface area contributed by atoms with Crippen LogP contribution in [0, 0.1) is 0 Å². The third kappa shape index (κ3) is 5.39. The number of thiazole rings is 1. The van der Waals surface area contributed by atoms with Gasteiger partial charge in [0.15, 0.2) is 5.13 Å². The summed E-state index contributed by atoms with van der Waals surface area (Å²) in [4.78, 5) is 39.4. The number of anilines is 2. The Morgan fingerprint density at radius 2 is 1.69 bits per heavy atom. The average Bonchev–Trinajstić information content (AvgIpc) is 3.18. The van der Waals surface area contributed by atoms with Gasteiger partial charge in [-0.15, -0.1) is 11.3 Å². The first-order valence-electron chi connectivity index (χ1n) is 8.47. The Hall–Kier alpha value is -3.72. The summed E-state index contributed by atoms with van der Waals surface area (Å²) in [6.45, 7) is 0. The Kier molecular flexibility index (Phi) is 6.20. The molecule has 0 aliphatic heterocycles. The third-order valence-electron chi connectivity index (χ3n) is 3.88. The molecule has 0 spiro atoms. The van der Waals surface area contributed by atoms with Crippen LogP contribution in [0.1, 0.15) is 26.4 Å². The van der Waals surface area contributed by atoms with Gasteiger partial charge >= 0.3 is 5.97 Å². The number of nitrogens with one attached hydrogen (secondary N) is 2. The monoisotopic (exact) mass is 411 g/mol. The average molecular weight is 411 g/mol. The highest BCUT2D eigenvalue weighted by atomic mass is 32.1. The number of ether oxygens (including phenoxy) is 1. The Morgan fingerprint density at radius 3 is 2.31 bits per heavy atom. The number of hydrogen-bond donors (Lipinski definition) is 3. The molecule has 0 atom stereocenters. The number of rotatable bonds is 7. The van der Waals surface area contributed by atoms with E-state index in [1.54, 1.807) is 55.6 Å². The zero-order valence-corrected chi connectivity index (χ0v) is 16.2. The van der Waals surface area contributed by atoms with E-state index in [0.717, 1.165) is 11.3 Å². The van der Waals surface area contributed by atoms with Crippen molar-refractivity contribution in [3.63, 3.8) is 0 Å². The molecule has 3 rings (SSSR count). The van der Waals surface area contributed by atoms with Gasteiger partial charge in [0.05, 0.1) is 13.5 Å². The topological polar surface area (TPSA) is 118 Å². The zero-order chi connectivity index (χ0) is 20.8. The second kappa shape index (κ2) is 8.98. The summed E-state index contributed by atoms with van der Waals surface area (Å²) < 4.78 is 5.06. The second-order valence-electron chi connectivity index (χ2n) is 5.94. The molecule has 0 saturated heterocycles. The van der Waals surface area contributed by atoms with Gasteiger partial charge < -0.3 is 15.2 Å². The maximum Gasteiger partial charge on any atom is 0.307 e. The van der Waals surface area contributed by atoms with Crippen molar-refractivity contribution < 1.29 is 24.2 Å². The molecule has 0 bridgehead atoms. The Bertz CT molecular complexity index is 1030. The summed E-state index contributed by atoms with van der Waals surface area (Å²) in [6, 6.07) is 13.1. The fourth-order valence-corrected chi connectivity index (χ4v) is 3.11. The summed E-state index contributed by atoms with van der Waals surface area (Å²) in [6.07, 6.45) is -0.0857. The second-order valence-corrected chi connectivity index (χ2v) is 6.80. The molecule has 2 amide bonds. The summed E-state index contributed by atoms with van der Waals surface area (Å²) in [5, 5.41) is 16.0. The highest BCUT2D eigenvalue weighted by molar-refractivity contribution is 7.14. The van der Waals surface area contributed by atoms with E-state index in [1.807, 2.05) is 0 Å². The van der Waals surface area contributed by atoms with Crippen LogP contribution < -0.4 is 15.4 Å². The molecule has 29 heavy (non-hydrogen) atoms. The van der Waals surface area contributed by atoms with Gasteiger partial charge in [0.1, 0.15) is 11.4 Å². The fourth-order valence-electron chi connectivity index (χ4n) is 2.42. The van der Waals surface area contributed by atoms with Crippen LogP contribution in [-0.4, -0.2) is 35.0 Å². The highest BCUT2D eigenvalue weighted by Crippen LogP contribution is 2.19. The zero-order valence-electron chi connectivity index (χ0n) is 15.3. The maximum atomic E-state index is 12.3. The molecule has 8 nitrogen and oxygen atoms in total. The number of carbonyl (C=O) groups is 3. The SMILES string of the molecule is COc1ccc(C(=O)Nc2nc(C(=O)Nc3ccc(CC(=O)O)cc3)cs2)cc1. The van der Waals surface area contributed by atoms with E-state index in [2.05, 4.69) is 15.6 Å². The lowest BCUT2D eigenvalue weighted by molar-refractivity contribution is -0.136. The van der Waals surface area contributed by atoms with E-state index in [-0.39, 0.29) is 18.0 Å². The maximum absolute atomic E-state index is 12.3. The number of carboxylic acid groups (broad SMARTS) is 1. The van der Waals surface area contributed by atoms with Gasteiger partial charge in [0, 0.05) is 16.6 Å². The Labute approximate surface area is 170 Å². The molecular weight excluding hydrogens is 394 g/mol. The molecule has 0 radical (unpaired) electrons. The molecule has 0 unspecified atom stereocenters. The van der Waals surface area contributed by atoms with E-state index in [0.29, 0.717) is 27.7 Å². The molecule has 9 heteroatoms. The molecule has 0 aliphatic carbocycles. The van der Waals surface area contributed by atoms with Crippen LogP contribution in [0.5, 0.6) is 5.75 Å². The normalized spacial score (nSPS) is 10.2. The van der Waals surface area contributed by atoms with Crippen LogP contribution in [-0.2, 0) is 11.2 Å². The van der Waals surface area contributed by atoms with Gasteiger partial charge in [-0.25, -0.2) is 4.98 Å². The number of methoxy groups -OCH3 is 1. The third-order valence-corrected chi connectivity index (χ3v) is 4.63.